The van der Waals surface area contributed by atoms with Crippen molar-refractivity contribution in [3.05, 3.63) is 66.4 Å². The number of likely N-dealkylation sites (N-methyl/N-ethyl adjacent to an activating group) is 1. The van der Waals surface area contributed by atoms with Gasteiger partial charge in [-0.15, -0.1) is 12.4 Å². The van der Waals surface area contributed by atoms with E-state index in [1.807, 2.05) is 77.3 Å². The molecule has 0 aliphatic carbocycles. The van der Waals surface area contributed by atoms with E-state index in [2.05, 4.69) is 5.32 Å². The summed E-state index contributed by atoms with van der Waals surface area (Å²) in [6.45, 7) is 1.58. The molecule has 30 heavy (non-hydrogen) atoms. The quantitative estimate of drug-likeness (QED) is 0.651. The van der Waals surface area contributed by atoms with E-state index in [1.54, 1.807) is 7.11 Å². The lowest BCUT2D eigenvalue weighted by molar-refractivity contribution is 0.0730. The Morgan fingerprint density at radius 1 is 1.17 bits per heavy atom. The number of hydrogen-bond donors (Lipinski definition) is 1. The van der Waals surface area contributed by atoms with Crippen molar-refractivity contribution in [2.45, 2.75) is 18.9 Å². The summed E-state index contributed by atoms with van der Waals surface area (Å²) < 4.78 is 7.12. The molecule has 1 aliphatic heterocycles. The van der Waals surface area contributed by atoms with Gasteiger partial charge in [0.05, 0.1) is 18.5 Å². The van der Waals surface area contributed by atoms with Crippen LogP contribution in [0.2, 0.25) is 0 Å². The highest BCUT2D eigenvalue weighted by Crippen LogP contribution is 2.28. The maximum absolute atomic E-state index is 13.3. The molecule has 1 aliphatic rings. The van der Waals surface area contributed by atoms with Crippen molar-refractivity contribution in [2.24, 2.45) is 0 Å². The van der Waals surface area contributed by atoms with E-state index < -0.39 is 0 Å². The number of nitrogens with zero attached hydrogens (tertiary/aromatic N) is 3. The number of likely N-dealkylation sites (tertiary alicyclic amines) is 1. The van der Waals surface area contributed by atoms with E-state index in [9.17, 15) is 4.79 Å². The molecular formula is C23H27ClN4O2. The van der Waals surface area contributed by atoms with Crippen molar-refractivity contribution in [1.29, 1.82) is 0 Å². The van der Waals surface area contributed by atoms with Gasteiger partial charge in [-0.3, -0.25) is 4.79 Å². The Hall–Kier alpha value is -2.83. The first kappa shape index (κ1) is 21.9. The number of ether oxygens (including phenoxy) is 1. The van der Waals surface area contributed by atoms with Crippen LogP contribution < -0.4 is 10.1 Å². The molecule has 2 aromatic carbocycles. The van der Waals surface area contributed by atoms with Gasteiger partial charge in [-0.2, -0.15) is 5.10 Å². The van der Waals surface area contributed by atoms with Crippen LogP contribution in [0.3, 0.4) is 0 Å². The Morgan fingerprint density at radius 3 is 2.57 bits per heavy atom. The molecular weight excluding hydrogens is 400 g/mol. The van der Waals surface area contributed by atoms with Gasteiger partial charge in [-0.1, -0.05) is 18.2 Å². The Balaban J connectivity index is 0.00000256. The zero-order chi connectivity index (χ0) is 20.2. The summed E-state index contributed by atoms with van der Waals surface area (Å²) in [6, 6.07) is 19.8. The molecule has 7 heteroatoms. The smallest absolute Gasteiger partial charge is 0.274 e. The summed E-state index contributed by atoms with van der Waals surface area (Å²) in [5.74, 6) is 0.787. The van der Waals surface area contributed by atoms with Gasteiger partial charge >= 0.3 is 0 Å². The zero-order valence-electron chi connectivity index (χ0n) is 17.2. The summed E-state index contributed by atoms with van der Waals surface area (Å²) in [4.78, 5) is 15.2. The molecule has 4 rings (SSSR count). The number of halogens is 1. The zero-order valence-corrected chi connectivity index (χ0v) is 18.1. The number of benzene rings is 2. The van der Waals surface area contributed by atoms with Crippen molar-refractivity contribution < 1.29 is 9.53 Å². The molecule has 0 bridgehead atoms. The van der Waals surface area contributed by atoms with Crippen molar-refractivity contribution in [2.75, 3.05) is 27.2 Å². The largest absolute Gasteiger partial charge is 0.497 e. The first-order valence-electron chi connectivity index (χ1n) is 9.96. The molecule has 1 aromatic heterocycles. The van der Waals surface area contributed by atoms with E-state index in [0.717, 1.165) is 48.6 Å². The Bertz CT molecular complexity index is 973. The molecule has 1 fully saturated rings. The van der Waals surface area contributed by atoms with Gasteiger partial charge in [-0.25, -0.2) is 4.68 Å². The van der Waals surface area contributed by atoms with Crippen molar-refractivity contribution in [3.63, 3.8) is 0 Å². The molecule has 158 valence electrons. The number of carbonyl (C=O) groups is 1. The molecule has 1 saturated heterocycles. The van der Waals surface area contributed by atoms with Crippen LogP contribution in [0.25, 0.3) is 16.9 Å². The fourth-order valence-corrected chi connectivity index (χ4v) is 3.92. The van der Waals surface area contributed by atoms with Gasteiger partial charge < -0.3 is 15.0 Å². The van der Waals surface area contributed by atoms with Gasteiger partial charge in [0.2, 0.25) is 0 Å². The number of rotatable bonds is 6. The number of para-hydroxylation sites is 1. The highest BCUT2D eigenvalue weighted by atomic mass is 35.5. The fourth-order valence-electron chi connectivity index (χ4n) is 3.92. The van der Waals surface area contributed by atoms with Gasteiger partial charge in [0, 0.05) is 24.7 Å². The normalized spacial score (nSPS) is 15.7. The number of aromatic nitrogens is 2. The van der Waals surface area contributed by atoms with Crippen LogP contribution in [-0.2, 0) is 0 Å². The third-order valence-electron chi connectivity index (χ3n) is 5.39. The molecule has 3 aromatic rings. The van der Waals surface area contributed by atoms with Gasteiger partial charge in [0.1, 0.15) is 5.75 Å². The molecule has 1 N–H and O–H groups in total. The first-order valence-corrected chi connectivity index (χ1v) is 9.96. The average molecular weight is 427 g/mol. The predicted octanol–water partition coefficient (Wildman–Crippen LogP) is 3.79. The molecule has 2 heterocycles. The van der Waals surface area contributed by atoms with Gasteiger partial charge in [0.15, 0.2) is 5.69 Å². The summed E-state index contributed by atoms with van der Waals surface area (Å²) in [7, 11) is 3.57. The molecule has 0 saturated carbocycles. The number of carbonyl (C=O) groups excluding carboxylic acids is 1. The third-order valence-corrected chi connectivity index (χ3v) is 5.39. The van der Waals surface area contributed by atoms with Crippen molar-refractivity contribution in [1.82, 2.24) is 20.0 Å². The lowest BCUT2D eigenvalue weighted by atomic mass is 10.1. The van der Waals surface area contributed by atoms with Crippen LogP contribution in [0.4, 0.5) is 0 Å². The van der Waals surface area contributed by atoms with Crippen molar-refractivity contribution >= 4 is 18.3 Å². The van der Waals surface area contributed by atoms with Crippen LogP contribution in [0.15, 0.2) is 60.7 Å². The average Bonchev–Trinajstić information content (AvgIpc) is 3.42. The molecule has 0 radical (unpaired) electrons. The molecule has 0 spiro atoms. The molecule has 1 atom stereocenters. The Labute approximate surface area is 183 Å². The SMILES string of the molecule is CNCC1CCCN1C(=O)c1cc(-c2ccc(OC)cc2)n(-c2ccccc2)n1.Cl. The lowest BCUT2D eigenvalue weighted by Gasteiger charge is -2.23. The minimum absolute atomic E-state index is 0. The summed E-state index contributed by atoms with van der Waals surface area (Å²) in [5.41, 5.74) is 3.26. The fraction of sp³-hybridized carbons (Fsp3) is 0.304. The monoisotopic (exact) mass is 426 g/mol. The van der Waals surface area contributed by atoms with Crippen LogP contribution in [0.5, 0.6) is 5.75 Å². The second-order valence-electron chi connectivity index (χ2n) is 7.24. The van der Waals surface area contributed by atoms with E-state index in [4.69, 9.17) is 9.84 Å². The summed E-state index contributed by atoms with van der Waals surface area (Å²) in [5, 5.41) is 7.91. The van der Waals surface area contributed by atoms with E-state index >= 15 is 0 Å². The lowest BCUT2D eigenvalue weighted by Crippen LogP contribution is -2.41. The number of hydrogen-bond acceptors (Lipinski definition) is 4. The van der Waals surface area contributed by atoms with Crippen LogP contribution in [0.1, 0.15) is 23.3 Å². The summed E-state index contributed by atoms with van der Waals surface area (Å²) in [6.07, 6.45) is 2.06. The number of amides is 1. The maximum atomic E-state index is 13.3. The van der Waals surface area contributed by atoms with Gasteiger partial charge in [-0.05, 0) is 62.4 Å². The highest BCUT2D eigenvalue weighted by Gasteiger charge is 2.31. The standard InChI is InChI=1S/C23H26N4O2.ClH/c1-24-16-19-9-6-14-26(19)23(28)21-15-22(17-10-12-20(29-2)13-11-17)27(25-21)18-7-4-3-5-8-18;/h3-5,7-8,10-13,15,19,24H,6,9,14,16H2,1-2H3;1H. The second kappa shape index (κ2) is 9.78. The Kier molecular flexibility index (Phi) is 7.13. The highest BCUT2D eigenvalue weighted by molar-refractivity contribution is 5.94. The van der Waals surface area contributed by atoms with Crippen LogP contribution in [0, 0.1) is 0 Å². The molecule has 6 nitrogen and oxygen atoms in total. The topological polar surface area (TPSA) is 59.4 Å². The minimum atomic E-state index is -0.00723. The second-order valence-corrected chi connectivity index (χ2v) is 7.24. The molecule has 1 amide bonds. The predicted molar refractivity (Wildman–Crippen MR) is 121 cm³/mol. The first-order chi connectivity index (χ1) is 14.2. The van der Waals surface area contributed by atoms with E-state index in [0.29, 0.717) is 5.69 Å². The van der Waals surface area contributed by atoms with Crippen LogP contribution in [-0.4, -0.2) is 53.9 Å². The van der Waals surface area contributed by atoms with Crippen molar-refractivity contribution in [3.8, 4) is 22.7 Å². The van der Waals surface area contributed by atoms with E-state index in [-0.39, 0.29) is 24.4 Å². The minimum Gasteiger partial charge on any atom is -0.497 e. The van der Waals surface area contributed by atoms with Crippen LogP contribution >= 0.6 is 12.4 Å². The molecule has 1 unspecified atom stereocenters. The number of nitrogens with one attached hydrogen (secondary N) is 1. The van der Waals surface area contributed by atoms with Gasteiger partial charge in [0.25, 0.3) is 5.91 Å². The maximum Gasteiger partial charge on any atom is 0.274 e. The van der Waals surface area contributed by atoms with E-state index in [1.165, 1.54) is 0 Å². The third kappa shape index (κ3) is 4.35. The Morgan fingerprint density at radius 2 is 1.90 bits per heavy atom. The summed E-state index contributed by atoms with van der Waals surface area (Å²) >= 11 is 0. The number of methoxy groups -OCH3 is 1.